The summed E-state index contributed by atoms with van der Waals surface area (Å²) < 4.78 is 11.4. The van der Waals surface area contributed by atoms with E-state index >= 15 is 0 Å². The number of nitrogens with one attached hydrogen (secondary N) is 1. The zero-order chi connectivity index (χ0) is 10.7. The van der Waals surface area contributed by atoms with Gasteiger partial charge in [0.25, 0.3) is 0 Å². The number of hydrogen-bond donors (Lipinski definition) is 1. The van der Waals surface area contributed by atoms with Gasteiger partial charge in [0, 0.05) is 25.7 Å². The van der Waals surface area contributed by atoms with E-state index in [1.165, 1.54) is 12.8 Å². The molecule has 15 heavy (non-hydrogen) atoms. The maximum absolute atomic E-state index is 5.93. The lowest BCUT2D eigenvalue weighted by Crippen LogP contribution is -2.46. The molecule has 0 aliphatic carbocycles. The standard InChI is InChI=1S/C12H23NO2/c1-3-13-10(2)11-4-6-15-12(8-11)5-7-14-9-12/h10-11,13H,3-9H2,1-2H3. The van der Waals surface area contributed by atoms with Crippen molar-refractivity contribution in [3.63, 3.8) is 0 Å². The molecule has 0 aromatic carbocycles. The van der Waals surface area contributed by atoms with Gasteiger partial charge in [0.15, 0.2) is 0 Å². The highest BCUT2D eigenvalue weighted by Crippen LogP contribution is 2.36. The number of hydrogen-bond acceptors (Lipinski definition) is 3. The van der Waals surface area contributed by atoms with Crippen molar-refractivity contribution in [2.24, 2.45) is 5.92 Å². The summed E-state index contributed by atoms with van der Waals surface area (Å²) in [5.41, 5.74) is 0.0621. The maximum atomic E-state index is 5.93. The molecule has 2 aliphatic rings. The number of rotatable bonds is 3. The Balaban J connectivity index is 1.91. The van der Waals surface area contributed by atoms with Gasteiger partial charge >= 0.3 is 0 Å². The first-order chi connectivity index (χ1) is 7.26. The summed E-state index contributed by atoms with van der Waals surface area (Å²) in [6, 6.07) is 0.608. The smallest absolute Gasteiger partial charge is 0.0939 e. The van der Waals surface area contributed by atoms with E-state index in [0.717, 1.165) is 38.7 Å². The Labute approximate surface area is 92.5 Å². The van der Waals surface area contributed by atoms with Crippen molar-refractivity contribution in [3.8, 4) is 0 Å². The van der Waals surface area contributed by atoms with Crippen LogP contribution in [0.3, 0.4) is 0 Å². The molecule has 3 atom stereocenters. The highest BCUT2D eigenvalue weighted by atomic mass is 16.6. The van der Waals surface area contributed by atoms with Crippen LogP contribution in [0.2, 0.25) is 0 Å². The van der Waals surface area contributed by atoms with Crippen molar-refractivity contribution in [1.29, 1.82) is 0 Å². The molecule has 0 bridgehead atoms. The Morgan fingerprint density at radius 1 is 1.47 bits per heavy atom. The van der Waals surface area contributed by atoms with Crippen LogP contribution >= 0.6 is 0 Å². The number of ether oxygens (including phenoxy) is 2. The molecule has 3 heteroatoms. The zero-order valence-corrected chi connectivity index (χ0v) is 9.92. The summed E-state index contributed by atoms with van der Waals surface area (Å²) in [5, 5.41) is 3.53. The molecule has 1 N–H and O–H groups in total. The lowest BCUT2D eigenvalue weighted by Gasteiger charge is -2.39. The van der Waals surface area contributed by atoms with Crippen LogP contribution in [0.15, 0.2) is 0 Å². The highest BCUT2D eigenvalue weighted by Gasteiger charge is 2.41. The van der Waals surface area contributed by atoms with Gasteiger partial charge in [-0.3, -0.25) is 0 Å². The van der Waals surface area contributed by atoms with Crippen LogP contribution in [0, 0.1) is 5.92 Å². The van der Waals surface area contributed by atoms with E-state index in [1.807, 2.05) is 0 Å². The van der Waals surface area contributed by atoms with Gasteiger partial charge in [-0.25, -0.2) is 0 Å². The molecule has 0 aromatic heterocycles. The molecule has 3 nitrogen and oxygen atoms in total. The van der Waals surface area contributed by atoms with E-state index in [1.54, 1.807) is 0 Å². The Morgan fingerprint density at radius 3 is 3.00 bits per heavy atom. The second-order valence-electron chi connectivity index (χ2n) is 4.93. The van der Waals surface area contributed by atoms with Gasteiger partial charge in [0.2, 0.25) is 0 Å². The molecular formula is C12H23NO2. The van der Waals surface area contributed by atoms with Crippen molar-refractivity contribution in [1.82, 2.24) is 5.32 Å². The van der Waals surface area contributed by atoms with E-state index in [0.29, 0.717) is 6.04 Å². The Kier molecular flexibility index (Phi) is 3.65. The quantitative estimate of drug-likeness (QED) is 0.772. The monoisotopic (exact) mass is 213 g/mol. The predicted octanol–water partition coefficient (Wildman–Crippen LogP) is 1.57. The average molecular weight is 213 g/mol. The van der Waals surface area contributed by atoms with Gasteiger partial charge in [0.1, 0.15) is 0 Å². The van der Waals surface area contributed by atoms with Gasteiger partial charge in [-0.05, 0) is 32.2 Å². The second kappa shape index (κ2) is 4.81. The third-order valence-electron chi connectivity index (χ3n) is 3.83. The molecule has 0 amide bonds. The molecule has 2 heterocycles. The van der Waals surface area contributed by atoms with Gasteiger partial charge in [-0.15, -0.1) is 0 Å². The molecule has 1 spiro atoms. The van der Waals surface area contributed by atoms with Gasteiger partial charge in [-0.2, -0.15) is 0 Å². The molecule has 2 aliphatic heterocycles. The molecule has 2 fully saturated rings. The summed E-state index contributed by atoms with van der Waals surface area (Å²) in [6.07, 6.45) is 3.44. The summed E-state index contributed by atoms with van der Waals surface area (Å²) in [4.78, 5) is 0. The van der Waals surface area contributed by atoms with E-state index < -0.39 is 0 Å². The van der Waals surface area contributed by atoms with Gasteiger partial charge < -0.3 is 14.8 Å². The first kappa shape index (κ1) is 11.4. The van der Waals surface area contributed by atoms with E-state index in [4.69, 9.17) is 9.47 Å². The van der Waals surface area contributed by atoms with Gasteiger partial charge in [-0.1, -0.05) is 6.92 Å². The van der Waals surface area contributed by atoms with E-state index in [9.17, 15) is 0 Å². The minimum Gasteiger partial charge on any atom is -0.378 e. The van der Waals surface area contributed by atoms with E-state index in [2.05, 4.69) is 19.2 Å². The second-order valence-corrected chi connectivity index (χ2v) is 4.93. The molecule has 3 unspecified atom stereocenters. The van der Waals surface area contributed by atoms with Crippen LogP contribution in [0.5, 0.6) is 0 Å². The summed E-state index contributed by atoms with van der Waals surface area (Å²) in [7, 11) is 0. The third kappa shape index (κ3) is 2.52. The lowest BCUT2D eigenvalue weighted by molar-refractivity contribution is -0.102. The first-order valence-corrected chi connectivity index (χ1v) is 6.21. The average Bonchev–Trinajstić information content (AvgIpc) is 2.67. The van der Waals surface area contributed by atoms with Crippen LogP contribution in [0.25, 0.3) is 0 Å². The fourth-order valence-corrected chi connectivity index (χ4v) is 2.84. The molecule has 2 rings (SSSR count). The highest BCUT2D eigenvalue weighted by molar-refractivity contribution is 4.92. The Bertz CT molecular complexity index is 202. The SMILES string of the molecule is CCNC(C)C1CCOC2(CCOC2)C1. The van der Waals surface area contributed by atoms with Crippen molar-refractivity contribution >= 4 is 0 Å². The Morgan fingerprint density at radius 2 is 2.33 bits per heavy atom. The summed E-state index contributed by atoms with van der Waals surface area (Å²) in [5.74, 6) is 0.750. The fraction of sp³-hybridized carbons (Fsp3) is 1.00. The van der Waals surface area contributed by atoms with Gasteiger partial charge in [0.05, 0.1) is 12.2 Å². The molecule has 0 saturated carbocycles. The minimum atomic E-state index is 0.0621. The van der Waals surface area contributed by atoms with Crippen LogP contribution in [-0.2, 0) is 9.47 Å². The van der Waals surface area contributed by atoms with E-state index in [-0.39, 0.29) is 5.60 Å². The summed E-state index contributed by atoms with van der Waals surface area (Å²) in [6.45, 7) is 8.11. The molecule has 0 radical (unpaired) electrons. The zero-order valence-electron chi connectivity index (χ0n) is 9.92. The Hall–Kier alpha value is -0.120. The third-order valence-corrected chi connectivity index (χ3v) is 3.83. The van der Waals surface area contributed by atoms with Crippen LogP contribution in [0.4, 0.5) is 0 Å². The largest absolute Gasteiger partial charge is 0.378 e. The lowest BCUT2D eigenvalue weighted by atomic mass is 9.81. The van der Waals surface area contributed by atoms with Crippen molar-refractivity contribution in [2.75, 3.05) is 26.4 Å². The maximum Gasteiger partial charge on any atom is 0.0939 e. The molecule has 0 aromatic rings. The van der Waals surface area contributed by atoms with Crippen molar-refractivity contribution < 1.29 is 9.47 Å². The van der Waals surface area contributed by atoms with Crippen LogP contribution < -0.4 is 5.32 Å². The van der Waals surface area contributed by atoms with Crippen molar-refractivity contribution in [3.05, 3.63) is 0 Å². The topological polar surface area (TPSA) is 30.5 Å². The predicted molar refractivity (Wildman–Crippen MR) is 60.0 cm³/mol. The first-order valence-electron chi connectivity index (χ1n) is 6.21. The fourth-order valence-electron chi connectivity index (χ4n) is 2.84. The van der Waals surface area contributed by atoms with Crippen LogP contribution in [0.1, 0.15) is 33.1 Å². The minimum absolute atomic E-state index is 0.0621. The molecule has 2 saturated heterocycles. The molecule has 88 valence electrons. The summed E-state index contributed by atoms with van der Waals surface area (Å²) >= 11 is 0. The molecular weight excluding hydrogens is 190 g/mol. The van der Waals surface area contributed by atoms with Crippen molar-refractivity contribution in [2.45, 2.75) is 44.8 Å². The normalized spacial score (nSPS) is 38.4. The van der Waals surface area contributed by atoms with Crippen LogP contribution in [-0.4, -0.2) is 38.0 Å².